The molecule has 3 nitrogen and oxygen atoms in total. The Kier molecular flexibility index (Phi) is 5.52. The molecule has 2 aromatic rings. The first kappa shape index (κ1) is 13.0. The summed E-state index contributed by atoms with van der Waals surface area (Å²) in [4.78, 5) is 0. The van der Waals surface area contributed by atoms with E-state index in [1.807, 2.05) is 54.6 Å². The number of hydrogen-bond acceptors (Lipinski definition) is 3. The first-order chi connectivity index (χ1) is 8.33. The third-order valence-corrected chi connectivity index (χ3v) is 2.13. The lowest BCUT2D eigenvalue weighted by molar-refractivity contribution is 0.448. The van der Waals surface area contributed by atoms with E-state index in [1.54, 1.807) is 0 Å². The molecule has 0 heterocycles. The average molecular weight is 225 g/mol. The van der Waals surface area contributed by atoms with Crippen molar-refractivity contribution in [2.75, 3.05) is 0 Å². The third kappa shape index (κ3) is 3.76. The maximum absolute atomic E-state index is 8.93. The van der Waals surface area contributed by atoms with Gasteiger partial charge in [0.05, 0.1) is 11.6 Å². The summed E-state index contributed by atoms with van der Waals surface area (Å²) in [6.45, 7) is 0. The van der Waals surface area contributed by atoms with E-state index < -0.39 is 7.69 Å². The van der Waals surface area contributed by atoms with Crippen LogP contribution >= 0.6 is 0 Å². The standard InChI is InChI=1S/C13H9N.BH3O2/c14-10-12-8-4-5-9-13(12)11-6-2-1-3-7-11;2-1-3/h1-9H;1-3H. The first-order valence-corrected chi connectivity index (χ1v) is 5.09. The summed E-state index contributed by atoms with van der Waals surface area (Å²) < 4.78 is 0. The molecule has 0 fully saturated rings. The smallest absolute Gasteiger partial charge is 0.430 e. The largest absolute Gasteiger partial charge is 0.432 e. The fraction of sp³-hybridized carbons (Fsp3) is 0. The number of hydrogen-bond donors (Lipinski definition) is 2. The van der Waals surface area contributed by atoms with Gasteiger partial charge in [-0.3, -0.25) is 0 Å². The zero-order chi connectivity index (χ0) is 12.5. The predicted molar refractivity (Wildman–Crippen MR) is 68.2 cm³/mol. The molecule has 0 saturated heterocycles. The minimum atomic E-state index is -0.750. The zero-order valence-electron chi connectivity index (χ0n) is 9.24. The fourth-order valence-electron chi connectivity index (χ4n) is 1.45. The molecule has 0 aliphatic carbocycles. The molecular formula is C13H12BNO2. The van der Waals surface area contributed by atoms with E-state index in [9.17, 15) is 0 Å². The van der Waals surface area contributed by atoms with Crippen molar-refractivity contribution < 1.29 is 10.0 Å². The summed E-state index contributed by atoms with van der Waals surface area (Å²) in [5.41, 5.74) is 2.80. The van der Waals surface area contributed by atoms with E-state index in [0.717, 1.165) is 16.7 Å². The van der Waals surface area contributed by atoms with Gasteiger partial charge in [0, 0.05) is 0 Å². The molecule has 0 unspecified atom stereocenters. The summed E-state index contributed by atoms with van der Waals surface area (Å²) in [7, 11) is -0.750. The minimum absolute atomic E-state index is 0.721. The molecular weight excluding hydrogens is 213 g/mol. The van der Waals surface area contributed by atoms with Gasteiger partial charge < -0.3 is 10.0 Å². The van der Waals surface area contributed by atoms with Crippen molar-refractivity contribution >= 4 is 7.69 Å². The fourth-order valence-corrected chi connectivity index (χ4v) is 1.45. The lowest BCUT2D eigenvalue weighted by atomic mass is 10.0. The molecule has 0 bridgehead atoms. The average Bonchev–Trinajstić information content (AvgIpc) is 2.40. The Labute approximate surface area is 101 Å². The molecule has 2 N–H and O–H groups in total. The van der Waals surface area contributed by atoms with E-state index in [1.165, 1.54) is 0 Å². The molecule has 17 heavy (non-hydrogen) atoms. The van der Waals surface area contributed by atoms with Gasteiger partial charge in [-0.25, -0.2) is 0 Å². The molecule has 0 amide bonds. The predicted octanol–water partition coefficient (Wildman–Crippen LogP) is 1.46. The molecule has 0 saturated carbocycles. The molecule has 0 spiro atoms. The van der Waals surface area contributed by atoms with Crippen LogP contribution in [0, 0.1) is 11.3 Å². The van der Waals surface area contributed by atoms with Gasteiger partial charge in [-0.1, -0.05) is 48.5 Å². The van der Waals surface area contributed by atoms with Gasteiger partial charge in [0.25, 0.3) is 0 Å². The highest BCUT2D eigenvalue weighted by molar-refractivity contribution is 6.13. The monoisotopic (exact) mass is 225 g/mol. The van der Waals surface area contributed by atoms with E-state index >= 15 is 0 Å². The topological polar surface area (TPSA) is 64.2 Å². The first-order valence-electron chi connectivity index (χ1n) is 5.09. The van der Waals surface area contributed by atoms with Crippen LogP contribution in [-0.2, 0) is 0 Å². The summed E-state index contributed by atoms with van der Waals surface area (Å²) >= 11 is 0. The van der Waals surface area contributed by atoms with E-state index in [0.29, 0.717) is 0 Å². The summed E-state index contributed by atoms with van der Waals surface area (Å²) in [6, 6.07) is 19.8. The Balaban J connectivity index is 0.000000437. The van der Waals surface area contributed by atoms with Crippen LogP contribution in [0.3, 0.4) is 0 Å². The molecule has 2 rings (SSSR count). The van der Waals surface area contributed by atoms with Crippen molar-refractivity contribution in [1.29, 1.82) is 5.26 Å². The van der Waals surface area contributed by atoms with Gasteiger partial charge >= 0.3 is 7.69 Å². The molecule has 0 aliphatic rings. The number of benzene rings is 2. The Morgan fingerprint density at radius 1 is 0.882 bits per heavy atom. The van der Waals surface area contributed by atoms with Crippen molar-refractivity contribution in [3.63, 3.8) is 0 Å². The second-order valence-electron chi connectivity index (χ2n) is 3.16. The molecule has 2 aromatic carbocycles. The highest BCUT2D eigenvalue weighted by atomic mass is 16.4. The molecule has 0 atom stereocenters. The van der Waals surface area contributed by atoms with Crippen LogP contribution in [-0.4, -0.2) is 17.7 Å². The second kappa shape index (κ2) is 7.23. The van der Waals surface area contributed by atoms with Gasteiger partial charge in [-0.15, -0.1) is 0 Å². The van der Waals surface area contributed by atoms with Crippen molar-refractivity contribution in [3.8, 4) is 17.2 Å². The van der Waals surface area contributed by atoms with E-state index in [4.69, 9.17) is 15.3 Å². The van der Waals surface area contributed by atoms with Gasteiger partial charge in [0.2, 0.25) is 0 Å². The third-order valence-electron chi connectivity index (χ3n) is 2.13. The SMILES string of the molecule is N#Cc1ccccc1-c1ccccc1.OBO. The lowest BCUT2D eigenvalue weighted by Gasteiger charge is -2.02. The molecule has 0 aliphatic heterocycles. The van der Waals surface area contributed by atoms with Crippen LogP contribution in [0.25, 0.3) is 11.1 Å². The Hall–Kier alpha value is -2.09. The van der Waals surface area contributed by atoms with E-state index in [2.05, 4.69) is 6.07 Å². The van der Waals surface area contributed by atoms with Crippen LogP contribution in [0.15, 0.2) is 54.6 Å². The maximum atomic E-state index is 8.93. The molecule has 0 radical (unpaired) electrons. The molecule has 4 heteroatoms. The van der Waals surface area contributed by atoms with Crippen molar-refractivity contribution in [2.24, 2.45) is 0 Å². The molecule has 0 aromatic heterocycles. The summed E-state index contributed by atoms with van der Waals surface area (Å²) in [5.74, 6) is 0. The number of nitrogens with zero attached hydrogens (tertiary/aromatic N) is 1. The Bertz CT molecular complexity index is 494. The number of nitriles is 1. The Morgan fingerprint density at radius 3 is 2.00 bits per heavy atom. The van der Waals surface area contributed by atoms with Gasteiger partial charge in [0.1, 0.15) is 0 Å². The maximum Gasteiger partial charge on any atom is 0.432 e. The Morgan fingerprint density at radius 2 is 1.41 bits per heavy atom. The van der Waals surface area contributed by atoms with Gasteiger partial charge in [-0.05, 0) is 17.2 Å². The second-order valence-corrected chi connectivity index (χ2v) is 3.16. The van der Waals surface area contributed by atoms with Crippen molar-refractivity contribution in [3.05, 3.63) is 60.2 Å². The van der Waals surface area contributed by atoms with Crippen molar-refractivity contribution in [1.82, 2.24) is 0 Å². The highest BCUT2D eigenvalue weighted by Crippen LogP contribution is 2.22. The van der Waals surface area contributed by atoms with Gasteiger partial charge in [-0.2, -0.15) is 5.26 Å². The highest BCUT2D eigenvalue weighted by Gasteiger charge is 2.01. The van der Waals surface area contributed by atoms with Gasteiger partial charge in [0.15, 0.2) is 0 Å². The molecule has 84 valence electrons. The quantitative estimate of drug-likeness (QED) is 0.722. The summed E-state index contributed by atoms with van der Waals surface area (Å²) in [6.07, 6.45) is 0. The summed E-state index contributed by atoms with van der Waals surface area (Å²) in [5, 5.41) is 23.2. The zero-order valence-corrected chi connectivity index (χ0v) is 9.24. The van der Waals surface area contributed by atoms with Crippen molar-refractivity contribution in [2.45, 2.75) is 0 Å². The van der Waals surface area contributed by atoms with Crippen LogP contribution in [0.4, 0.5) is 0 Å². The van der Waals surface area contributed by atoms with Crippen LogP contribution in [0.5, 0.6) is 0 Å². The van der Waals surface area contributed by atoms with Crippen LogP contribution in [0.1, 0.15) is 5.56 Å². The van der Waals surface area contributed by atoms with Crippen LogP contribution < -0.4 is 0 Å². The normalized spacial score (nSPS) is 8.53. The van der Waals surface area contributed by atoms with Crippen LogP contribution in [0.2, 0.25) is 0 Å². The number of rotatable bonds is 1. The minimum Gasteiger partial charge on any atom is -0.430 e. The lowest BCUT2D eigenvalue weighted by Crippen LogP contribution is -1.82. The van der Waals surface area contributed by atoms with E-state index in [-0.39, 0.29) is 0 Å².